The zero-order valence-electron chi connectivity index (χ0n) is 17.0. The van der Waals surface area contributed by atoms with Crippen molar-refractivity contribution in [3.63, 3.8) is 0 Å². The molecule has 0 aromatic heterocycles. The van der Waals surface area contributed by atoms with Crippen LogP contribution in [0, 0.1) is 5.92 Å². The van der Waals surface area contributed by atoms with Gasteiger partial charge in [0.2, 0.25) is 0 Å². The summed E-state index contributed by atoms with van der Waals surface area (Å²) in [6.45, 7) is 4.35. The number of nitrogens with one attached hydrogen (secondary N) is 1. The summed E-state index contributed by atoms with van der Waals surface area (Å²) in [7, 11) is 0. The van der Waals surface area contributed by atoms with Crippen LogP contribution in [0.5, 0.6) is 0 Å². The lowest BCUT2D eigenvalue weighted by atomic mass is 9.71. The summed E-state index contributed by atoms with van der Waals surface area (Å²) in [6.07, 6.45) is 2.59. The zero-order valence-corrected chi connectivity index (χ0v) is 18.5. The van der Waals surface area contributed by atoms with Gasteiger partial charge in [-0.25, -0.2) is 0 Å². The highest BCUT2D eigenvalue weighted by Gasteiger charge is 2.43. The van der Waals surface area contributed by atoms with Gasteiger partial charge in [0, 0.05) is 35.7 Å². The number of hydrogen-bond donors (Lipinski definition) is 1. The van der Waals surface area contributed by atoms with Gasteiger partial charge in [0.1, 0.15) is 5.92 Å². The molecule has 2 unspecified atom stereocenters. The first-order chi connectivity index (χ1) is 15.0. The molecule has 1 aliphatic heterocycles. The van der Waals surface area contributed by atoms with Crippen molar-refractivity contribution in [3.8, 4) is 0 Å². The summed E-state index contributed by atoms with van der Waals surface area (Å²) in [4.78, 5) is 26.1. The van der Waals surface area contributed by atoms with Crippen LogP contribution in [0.4, 0.5) is 0 Å². The Morgan fingerprint density at radius 3 is 2.61 bits per heavy atom. The van der Waals surface area contributed by atoms with Crippen molar-refractivity contribution in [1.29, 1.82) is 0 Å². The lowest BCUT2D eigenvalue weighted by molar-refractivity contribution is -0.147. The second kappa shape index (κ2) is 9.29. The molecule has 2 atom stereocenters. The summed E-state index contributed by atoms with van der Waals surface area (Å²) >= 11 is 12.4. The van der Waals surface area contributed by atoms with Gasteiger partial charge in [-0.05, 0) is 36.1 Å². The van der Waals surface area contributed by atoms with Crippen molar-refractivity contribution in [2.45, 2.75) is 31.6 Å². The van der Waals surface area contributed by atoms with E-state index in [9.17, 15) is 9.59 Å². The van der Waals surface area contributed by atoms with E-state index in [0.29, 0.717) is 34.2 Å². The third kappa shape index (κ3) is 4.56. The number of Topliss-reactive ketones (excluding diaryl/α,β-unsaturated/α-hetero) is 1. The number of ketones is 1. The second-order valence-electron chi connectivity index (χ2n) is 7.85. The maximum absolute atomic E-state index is 13.2. The smallest absolute Gasteiger partial charge is 0.315 e. The number of hydrogen-bond acceptors (Lipinski definition) is 4. The van der Waals surface area contributed by atoms with Crippen molar-refractivity contribution in [2.75, 3.05) is 6.61 Å². The molecule has 6 heteroatoms. The Morgan fingerprint density at radius 2 is 1.87 bits per heavy atom. The molecule has 0 saturated heterocycles. The first kappa shape index (κ1) is 21.7. The van der Waals surface area contributed by atoms with Crippen LogP contribution in [0.25, 0.3) is 0 Å². The molecule has 160 valence electrons. The van der Waals surface area contributed by atoms with Gasteiger partial charge in [0.05, 0.1) is 16.7 Å². The van der Waals surface area contributed by atoms with E-state index in [-0.39, 0.29) is 12.4 Å². The molecule has 2 aromatic carbocycles. The van der Waals surface area contributed by atoms with Gasteiger partial charge in [0.15, 0.2) is 5.78 Å². The van der Waals surface area contributed by atoms with Crippen molar-refractivity contribution < 1.29 is 14.3 Å². The Labute approximate surface area is 191 Å². The molecule has 2 aliphatic rings. The Balaban J connectivity index is 1.64. The van der Waals surface area contributed by atoms with Crippen molar-refractivity contribution in [1.82, 2.24) is 5.32 Å². The maximum Gasteiger partial charge on any atom is 0.315 e. The van der Waals surface area contributed by atoms with E-state index >= 15 is 0 Å². The largest absolute Gasteiger partial charge is 0.465 e. The minimum absolute atomic E-state index is 0.0411. The molecule has 0 saturated carbocycles. The van der Waals surface area contributed by atoms with E-state index in [2.05, 4.69) is 11.9 Å². The van der Waals surface area contributed by atoms with Gasteiger partial charge >= 0.3 is 5.97 Å². The quantitative estimate of drug-likeness (QED) is 0.595. The fourth-order valence-electron chi connectivity index (χ4n) is 4.34. The molecular weight excluding hydrogens is 433 g/mol. The minimum Gasteiger partial charge on any atom is -0.465 e. The average Bonchev–Trinajstić information content (AvgIpc) is 2.75. The van der Waals surface area contributed by atoms with Crippen LogP contribution in [0.1, 0.15) is 36.3 Å². The highest BCUT2D eigenvalue weighted by Crippen LogP contribution is 2.45. The molecule has 31 heavy (non-hydrogen) atoms. The normalized spacial score (nSPS) is 20.8. The number of carbonyl (C=O) groups excluding carboxylic acids is 2. The number of rotatable bonds is 5. The van der Waals surface area contributed by atoms with Crippen LogP contribution in [-0.2, 0) is 20.7 Å². The summed E-state index contributed by atoms with van der Waals surface area (Å²) < 4.78 is 5.64. The fourth-order valence-corrected chi connectivity index (χ4v) is 4.65. The van der Waals surface area contributed by atoms with E-state index in [4.69, 9.17) is 27.9 Å². The van der Waals surface area contributed by atoms with E-state index in [0.717, 1.165) is 29.7 Å². The molecule has 1 N–H and O–H groups in total. The second-order valence-corrected chi connectivity index (χ2v) is 8.67. The molecule has 1 heterocycles. The first-order valence-corrected chi connectivity index (χ1v) is 11.1. The molecule has 0 bridgehead atoms. The highest BCUT2D eigenvalue weighted by molar-refractivity contribution is 6.42. The maximum atomic E-state index is 13.2. The van der Waals surface area contributed by atoms with Gasteiger partial charge in [-0.1, -0.05) is 66.2 Å². The van der Waals surface area contributed by atoms with Crippen LogP contribution in [0.2, 0.25) is 10.0 Å². The van der Waals surface area contributed by atoms with Gasteiger partial charge in [-0.3, -0.25) is 9.59 Å². The van der Waals surface area contributed by atoms with Crippen LogP contribution >= 0.6 is 23.2 Å². The molecule has 0 spiro atoms. The monoisotopic (exact) mass is 455 g/mol. The Morgan fingerprint density at radius 1 is 1.10 bits per heavy atom. The van der Waals surface area contributed by atoms with Gasteiger partial charge in [-0.15, -0.1) is 0 Å². The molecule has 0 amide bonds. The molecule has 4 nitrogen and oxygen atoms in total. The molecule has 0 radical (unpaired) electrons. The van der Waals surface area contributed by atoms with Crippen molar-refractivity contribution in [3.05, 3.63) is 93.2 Å². The standard InChI is InChI=1S/C25H23Cl2NO3/c1-15-22(25(30)31-13-12-16-6-3-2-4-7-16)23(17-10-11-18(26)19(27)14-17)24-20(28-15)8-5-9-21(24)29/h2-4,6-7,10-11,14,22-23,28H,1,5,8-9,12-13H2. The molecule has 2 aromatic rings. The number of ether oxygens (including phenoxy) is 1. The number of allylic oxidation sites excluding steroid dienone is 2. The number of esters is 1. The third-order valence-corrected chi connectivity index (χ3v) is 6.56. The summed E-state index contributed by atoms with van der Waals surface area (Å²) in [5.74, 6) is -1.60. The third-order valence-electron chi connectivity index (χ3n) is 5.82. The number of carbonyl (C=O) groups is 2. The first-order valence-electron chi connectivity index (χ1n) is 10.3. The van der Waals surface area contributed by atoms with E-state index in [1.54, 1.807) is 12.1 Å². The minimum atomic E-state index is -0.728. The Hall–Kier alpha value is -2.56. The lowest BCUT2D eigenvalue weighted by Crippen LogP contribution is -2.41. The highest BCUT2D eigenvalue weighted by atomic mass is 35.5. The predicted molar refractivity (Wildman–Crippen MR) is 122 cm³/mol. The molecular formula is C25H23Cl2NO3. The topological polar surface area (TPSA) is 55.4 Å². The van der Waals surface area contributed by atoms with Crippen LogP contribution in [0.15, 0.2) is 72.1 Å². The van der Waals surface area contributed by atoms with E-state index < -0.39 is 17.8 Å². The SMILES string of the molecule is C=C1NC2=C(C(=O)CCC2)C(c2ccc(Cl)c(Cl)c2)C1C(=O)OCCc1ccccc1. The zero-order chi connectivity index (χ0) is 22.0. The van der Waals surface area contributed by atoms with Crippen LogP contribution < -0.4 is 5.32 Å². The Bertz CT molecular complexity index is 1060. The average molecular weight is 456 g/mol. The predicted octanol–water partition coefficient (Wildman–Crippen LogP) is 5.60. The molecule has 1 aliphatic carbocycles. The van der Waals surface area contributed by atoms with Gasteiger partial charge < -0.3 is 10.1 Å². The van der Waals surface area contributed by atoms with Crippen molar-refractivity contribution >= 4 is 35.0 Å². The van der Waals surface area contributed by atoms with Crippen molar-refractivity contribution in [2.24, 2.45) is 5.92 Å². The van der Waals surface area contributed by atoms with Crippen LogP contribution in [0.3, 0.4) is 0 Å². The summed E-state index contributed by atoms with van der Waals surface area (Å²) in [5.41, 5.74) is 3.84. The fraction of sp³-hybridized carbons (Fsp3) is 0.280. The van der Waals surface area contributed by atoms with E-state index in [1.165, 1.54) is 0 Å². The summed E-state index contributed by atoms with van der Waals surface area (Å²) in [6, 6.07) is 15.1. The van der Waals surface area contributed by atoms with Gasteiger partial charge in [-0.2, -0.15) is 0 Å². The Kier molecular flexibility index (Phi) is 6.49. The molecule has 4 rings (SSSR count). The number of halogens is 2. The van der Waals surface area contributed by atoms with Gasteiger partial charge in [0.25, 0.3) is 0 Å². The molecule has 0 fully saturated rings. The number of benzene rings is 2. The summed E-state index contributed by atoms with van der Waals surface area (Å²) in [5, 5.41) is 4.02. The van der Waals surface area contributed by atoms with E-state index in [1.807, 2.05) is 36.4 Å². The van der Waals surface area contributed by atoms with Crippen LogP contribution in [-0.4, -0.2) is 18.4 Å². The lowest BCUT2D eigenvalue weighted by Gasteiger charge is -2.38.